The number of aromatic hydroxyl groups is 1. The van der Waals surface area contributed by atoms with E-state index in [1.165, 1.54) is 13.2 Å². The maximum Gasteiger partial charge on any atom is 0.430 e. The van der Waals surface area contributed by atoms with Crippen molar-refractivity contribution in [1.29, 1.82) is 0 Å². The van der Waals surface area contributed by atoms with Crippen LogP contribution < -0.4 is 4.74 Å². The van der Waals surface area contributed by atoms with Crippen LogP contribution in [0.2, 0.25) is 0 Å². The standard InChI is InChI=1S/C16H15F3O5/c1-8(3-4-23-2)10-5-9-6-11(15(21)22)14(16(17,18)19)24-13(9)7-12(10)20/h5-7,14,20H,1,3-4H2,2H3,(H,21,22). The van der Waals surface area contributed by atoms with Gasteiger partial charge in [0.1, 0.15) is 11.5 Å². The highest BCUT2D eigenvalue weighted by molar-refractivity contribution is 5.95. The van der Waals surface area contributed by atoms with E-state index in [2.05, 4.69) is 6.58 Å². The molecule has 1 aliphatic rings. The number of ether oxygens (including phenoxy) is 2. The van der Waals surface area contributed by atoms with Crippen LogP contribution >= 0.6 is 0 Å². The molecule has 2 rings (SSSR count). The molecule has 0 amide bonds. The number of benzene rings is 1. The molecular formula is C16H15F3O5. The zero-order valence-corrected chi connectivity index (χ0v) is 12.7. The van der Waals surface area contributed by atoms with Crippen LogP contribution in [0.15, 0.2) is 24.3 Å². The highest BCUT2D eigenvalue weighted by Crippen LogP contribution is 2.41. The third-order valence-electron chi connectivity index (χ3n) is 3.50. The van der Waals surface area contributed by atoms with Gasteiger partial charge in [0.2, 0.25) is 6.10 Å². The first kappa shape index (κ1) is 17.9. The summed E-state index contributed by atoms with van der Waals surface area (Å²) in [5.41, 5.74) is -0.00497. The van der Waals surface area contributed by atoms with Gasteiger partial charge in [-0.1, -0.05) is 6.58 Å². The van der Waals surface area contributed by atoms with E-state index in [1.54, 1.807) is 0 Å². The zero-order chi connectivity index (χ0) is 18.1. The van der Waals surface area contributed by atoms with Gasteiger partial charge in [-0.3, -0.25) is 0 Å². The van der Waals surface area contributed by atoms with Crippen LogP contribution in [-0.2, 0) is 9.53 Å². The summed E-state index contributed by atoms with van der Waals surface area (Å²) in [6, 6.07) is 2.37. The monoisotopic (exact) mass is 344 g/mol. The maximum absolute atomic E-state index is 13.0. The quantitative estimate of drug-likeness (QED) is 0.858. The molecule has 5 nitrogen and oxygen atoms in total. The van der Waals surface area contributed by atoms with Gasteiger partial charge in [-0.25, -0.2) is 4.79 Å². The Bertz CT molecular complexity index is 706. The number of methoxy groups -OCH3 is 1. The Labute approximate surface area is 135 Å². The summed E-state index contributed by atoms with van der Waals surface area (Å²) in [4.78, 5) is 11.1. The van der Waals surface area contributed by atoms with Gasteiger partial charge < -0.3 is 19.7 Å². The largest absolute Gasteiger partial charge is 0.507 e. The van der Waals surface area contributed by atoms with Gasteiger partial charge in [0.05, 0.1) is 12.2 Å². The number of phenols is 1. The Balaban J connectivity index is 2.48. The number of carbonyl (C=O) groups is 1. The average Bonchev–Trinajstić information content (AvgIpc) is 2.49. The van der Waals surface area contributed by atoms with E-state index in [-0.39, 0.29) is 17.1 Å². The molecular weight excluding hydrogens is 329 g/mol. The van der Waals surface area contributed by atoms with Crippen molar-refractivity contribution in [2.24, 2.45) is 0 Å². The van der Waals surface area contributed by atoms with Crippen LogP contribution in [0.4, 0.5) is 13.2 Å². The Morgan fingerprint density at radius 3 is 2.62 bits per heavy atom. The highest BCUT2D eigenvalue weighted by Gasteiger charge is 2.48. The Morgan fingerprint density at radius 1 is 1.42 bits per heavy atom. The van der Waals surface area contributed by atoms with Crippen molar-refractivity contribution in [2.75, 3.05) is 13.7 Å². The van der Waals surface area contributed by atoms with Crippen molar-refractivity contribution in [2.45, 2.75) is 18.7 Å². The first-order chi connectivity index (χ1) is 11.1. The van der Waals surface area contributed by atoms with Gasteiger partial charge >= 0.3 is 12.1 Å². The molecule has 0 bridgehead atoms. The molecule has 1 aromatic carbocycles. The fourth-order valence-corrected chi connectivity index (χ4v) is 2.29. The third kappa shape index (κ3) is 3.53. The molecule has 8 heteroatoms. The van der Waals surface area contributed by atoms with E-state index in [0.29, 0.717) is 24.2 Å². The minimum Gasteiger partial charge on any atom is -0.507 e. The smallest absolute Gasteiger partial charge is 0.430 e. The molecule has 0 spiro atoms. The van der Waals surface area contributed by atoms with Gasteiger partial charge in [-0.05, 0) is 24.1 Å². The average molecular weight is 344 g/mol. The molecule has 0 aliphatic carbocycles. The topological polar surface area (TPSA) is 76.0 Å². The predicted octanol–water partition coefficient (Wildman–Crippen LogP) is 3.23. The van der Waals surface area contributed by atoms with E-state index < -0.39 is 23.8 Å². The van der Waals surface area contributed by atoms with Crippen LogP contribution in [0.25, 0.3) is 11.6 Å². The second-order valence-electron chi connectivity index (χ2n) is 5.20. The molecule has 1 heterocycles. The van der Waals surface area contributed by atoms with Gasteiger partial charge in [-0.2, -0.15) is 13.2 Å². The zero-order valence-electron chi connectivity index (χ0n) is 12.7. The van der Waals surface area contributed by atoms with Crippen molar-refractivity contribution in [3.63, 3.8) is 0 Å². The molecule has 1 atom stereocenters. The summed E-state index contributed by atoms with van der Waals surface area (Å²) in [5.74, 6) is -2.28. The number of hydrogen-bond donors (Lipinski definition) is 2. The summed E-state index contributed by atoms with van der Waals surface area (Å²) in [6.07, 6.45) is -6.20. The fourth-order valence-electron chi connectivity index (χ4n) is 2.29. The van der Waals surface area contributed by atoms with Crippen molar-refractivity contribution in [1.82, 2.24) is 0 Å². The molecule has 0 saturated carbocycles. The molecule has 130 valence electrons. The lowest BCUT2D eigenvalue weighted by atomic mass is 9.96. The van der Waals surface area contributed by atoms with Gasteiger partial charge in [0, 0.05) is 24.3 Å². The van der Waals surface area contributed by atoms with E-state index in [9.17, 15) is 23.1 Å². The summed E-state index contributed by atoms with van der Waals surface area (Å²) in [7, 11) is 1.49. The molecule has 1 unspecified atom stereocenters. The van der Waals surface area contributed by atoms with Gasteiger partial charge in [0.15, 0.2) is 0 Å². The number of fused-ring (bicyclic) bond motifs is 1. The number of halogens is 3. The first-order valence-electron chi connectivity index (χ1n) is 6.87. The second kappa shape index (κ2) is 6.56. The highest BCUT2D eigenvalue weighted by atomic mass is 19.4. The lowest BCUT2D eigenvalue weighted by Gasteiger charge is -2.27. The number of carboxylic acids is 1. The molecule has 0 radical (unpaired) electrons. The minimum absolute atomic E-state index is 0.124. The lowest BCUT2D eigenvalue weighted by molar-refractivity contribution is -0.187. The molecule has 0 fully saturated rings. The van der Waals surface area contributed by atoms with E-state index in [1.807, 2.05) is 0 Å². The normalized spacial score (nSPS) is 16.8. The van der Waals surface area contributed by atoms with Crippen molar-refractivity contribution >= 4 is 17.6 Å². The third-order valence-corrected chi connectivity index (χ3v) is 3.50. The van der Waals surface area contributed by atoms with Gasteiger partial charge in [0.25, 0.3) is 0 Å². The van der Waals surface area contributed by atoms with Crippen LogP contribution in [0.5, 0.6) is 11.5 Å². The molecule has 24 heavy (non-hydrogen) atoms. The number of hydrogen-bond acceptors (Lipinski definition) is 4. The Morgan fingerprint density at radius 2 is 2.08 bits per heavy atom. The van der Waals surface area contributed by atoms with Crippen LogP contribution in [0.3, 0.4) is 0 Å². The minimum atomic E-state index is -4.89. The van der Waals surface area contributed by atoms with Crippen LogP contribution in [0.1, 0.15) is 17.5 Å². The fraction of sp³-hybridized carbons (Fsp3) is 0.312. The number of aliphatic carboxylic acids is 1. The van der Waals surface area contributed by atoms with Crippen molar-refractivity contribution in [3.05, 3.63) is 35.4 Å². The van der Waals surface area contributed by atoms with Crippen molar-refractivity contribution in [3.8, 4) is 11.5 Å². The molecule has 2 N–H and O–H groups in total. The summed E-state index contributed by atoms with van der Waals surface area (Å²) in [6.45, 7) is 4.13. The van der Waals surface area contributed by atoms with E-state index >= 15 is 0 Å². The number of alkyl halides is 3. The molecule has 0 aromatic heterocycles. The predicted molar refractivity (Wildman–Crippen MR) is 79.7 cm³/mol. The van der Waals surface area contributed by atoms with Gasteiger partial charge in [-0.15, -0.1) is 0 Å². The lowest BCUT2D eigenvalue weighted by Crippen LogP contribution is -2.40. The molecule has 1 aromatic rings. The number of rotatable bonds is 5. The SMILES string of the molecule is C=C(CCOC)c1cc2c(cc1O)OC(C(F)(F)F)C(C(=O)O)=C2. The van der Waals surface area contributed by atoms with Crippen LogP contribution in [0, 0.1) is 0 Å². The van der Waals surface area contributed by atoms with Crippen molar-refractivity contribution < 1.29 is 37.7 Å². The summed E-state index contributed by atoms with van der Waals surface area (Å²) >= 11 is 0. The Hall–Kier alpha value is -2.48. The van der Waals surface area contributed by atoms with E-state index in [0.717, 1.165) is 12.1 Å². The maximum atomic E-state index is 13.0. The first-order valence-corrected chi connectivity index (χ1v) is 6.87. The van der Waals surface area contributed by atoms with E-state index in [4.69, 9.17) is 14.6 Å². The number of phenolic OH excluding ortho intramolecular Hbond substituents is 1. The van der Waals surface area contributed by atoms with Crippen LogP contribution in [-0.4, -0.2) is 42.2 Å². The Kier molecular flexibility index (Phi) is 4.88. The summed E-state index contributed by atoms with van der Waals surface area (Å²) < 4.78 is 48.6. The number of carboxylic acid groups (broad SMARTS) is 1. The summed E-state index contributed by atoms with van der Waals surface area (Å²) in [5, 5.41) is 19.0. The molecule has 0 saturated heterocycles. The second-order valence-corrected chi connectivity index (χ2v) is 5.20. The molecule has 1 aliphatic heterocycles.